The monoisotopic (exact) mass is 335 g/mol. The Morgan fingerprint density at radius 3 is 2.72 bits per heavy atom. The zero-order valence-electron chi connectivity index (χ0n) is 13.8. The van der Waals surface area contributed by atoms with E-state index < -0.39 is 5.91 Å². The van der Waals surface area contributed by atoms with E-state index in [0.717, 1.165) is 30.6 Å². The molecule has 0 fully saturated rings. The zero-order valence-corrected chi connectivity index (χ0v) is 13.8. The molecule has 0 aliphatic heterocycles. The van der Waals surface area contributed by atoms with Gasteiger partial charge in [-0.1, -0.05) is 30.3 Å². The maximum absolute atomic E-state index is 10.9. The molecule has 128 valence electrons. The van der Waals surface area contributed by atoms with Crippen molar-refractivity contribution in [2.45, 2.75) is 12.8 Å². The number of rotatable bonds is 7. The minimum absolute atomic E-state index is 0.542. The number of benzene rings is 2. The summed E-state index contributed by atoms with van der Waals surface area (Å²) in [5.74, 6) is -0.542. The van der Waals surface area contributed by atoms with Crippen LogP contribution in [0.15, 0.2) is 60.8 Å². The van der Waals surface area contributed by atoms with E-state index in [-0.39, 0.29) is 0 Å². The maximum Gasteiger partial charge on any atom is 0.267 e. The maximum atomic E-state index is 10.9. The van der Waals surface area contributed by atoms with Crippen LogP contribution in [0.25, 0.3) is 17.0 Å². The lowest BCUT2D eigenvalue weighted by Crippen LogP contribution is -2.14. The molecule has 1 amide bonds. The molecule has 0 radical (unpaired) electrons. The SMILES string of the molecule is O=C(/C=C/c1ccc(NCCCc2c[nH]c3ccccc23)cc1)NO. The van der Waals surface area contributed by atoms with Gasteiger partial charge in [-0.15, -0.1) is 0 Å². The summed E-state index contributed by atoms with van der Waals surface area (Å²) in [5.41, 5.74) is 6.04. The summed E-state index contributed by atoms with van der Waals surface area (Å²) in [7, 11) is 0. The van der Waals surface area contributed by atoms with Gasteiger partial charge >= 0.3 is 0 Å². The Morgan fingerprint density at radius 2 is 1.92 bits per heavy atom. The van der Waals surface area contributed by atoms with Gasteiger partial charge in [-0.05, 0) is 48.2 Å². The summed E-state index contributed by atoms with van der Waals surface area (Å²) in [4.78, 5) is 14.2. The molecule has 4 N–H and O–H groups in total. The van der Waals surface area contributed by atoms with Gasteiger partial charge in [0.15, 0.2) is 0 Å². The fraction of sp³-hybridized carbons (Fsp3) is 0.150. The largest absolute Gasteiger partial charge is 0.385 e. The second kappa shape index (κ2) is 8.17. The van der Waals surface area contributed by atoms with Gasteiger partial charge in [0.2, 0.25) is 0 Å². The van der Waals surface area contributed by atoms with Crippen molar-refractivity contribution in [3.05, 3.63) is 71.9 Å². The quantitative estimate of drug-likeness (QED) is 0.230. The summed E-state index contributed by atoms with van der Waals surface area (Å²) < 4.78 is 0. The second-order valence-corrected chi connectivity index (χ2v) is 5.82. The molecule has 5 nitrogen and oxygen atoms in total. The van der Waals surface area contributed by atoms with Crippen LogP contribution in [-0.2, 0) is 11.2 Å². The van der Waals surface area contributed by atoms with Crippen molar-refractivity contribution in [2.24, 2.45) is 0 Å². The Hall–Kier alpha value is -3.05. The number of hydroxylamine groups is 1. The van der Waals surface area contributed by atoms with Crippen LogP contribution in [-0.4, -0.2) is 22.6 Å². The van der Waals surface area contributed by atoms with E-state index in [4.69, 9.17) is 5.21 Å². The van der Waals surface area contributed by atoms with E-state index in [1.807, 2.05) is 30.3 Å². The molecule has 1 aromatic heterocycles. The Kier molecular flexibility index (Phi) is 5.49. The lowest BCUT2D eigenvalue weighted by Gasteiger charge is -2.06. The highest BCUT2D eigenvalue weighted by Gasteiger charge is 2.02. The third-order valence-electron chi connectivity index (χ3n) is 4.07. The van der Waals surface area contributed by atoms with Gasteiger partial charge < -0.3 is 10.3 Å². The van der Waals surface area contributed by atoms with Gasteiger partial charge in [0.25, 0.3) is 5.91 Å². The highest BCUT2D eigenvalue weighted by molar-refractivity contribution is 5.90. The fourth-order valence-corrected chi connectivity index (χ4v) is 2.77. The fourth-order valence-electron chi connectivity index (χ4n) is 2.77. The summed E-state index contributed by atoms with van der Waals surface area (Å²) in [6.45, 7) is 0.890. The van der Waals surface area contributed by atoms with E-state index in [0.29, 0.717) is 0 Å². The Balaban J connectivity index is 1.47. The number of aromatic amines is 1. The minimum atomic E-state index is -0.542. The van der Waals surface area contributed by atoms with Crippen LogP contribution in [0.5, 0.6) is 0 Å². The van der Waals surface area contributed by atoms with Crippen LogP contribution >= 0.6 is 0 Å². The number of hydrogen-bond donors (Lipinski definition) is 4. The van der Waals surface area contributed by atoms with Gasteiger partial charge in [-0.3, -0.25) is 10.0 Å². The molecule has 25 heavy (non-hydrogen) atoms. The predicted octanol–water partition coefficient (Wildman–Crippen LogP) is 3.73. The lowest BCUT2D eigenvalue weighted by molar-refractivity contribution is -0.124. The molecular weight excluding hydrogens is 314 g/mol. The number of fused-ring (bicyclic) bond motifs is 1. The number of aromatic nitrogens is 1. The summed E-state index contributed by atoms with van der Waals surface area (Å²) in [6, 6.07) is 16.1. The standard InChI is InChI=1S/C20H21N3O2/c24-20(23-25)12-9-15-7-10-17(11-8-15)21-13-3-4-16-14-22-19-6-2-1-5-18(16)19/h1-2,5-12,14,21-22,25H,3-4,13H2,(H,23,24)/b12-9+. The Labute approximate surface area is 146 Å². The number of nitrogens with one attached hydrogen (secondary N) is 3. The lowest BCUT2D eigenvalue weighted by atomic mass is 10.1. The minimum Gasteiger partial charge on any atom is -0.385 e. The van der Waals surface area contributed by atoms with Crippen molar-refractivity contribution in [2.75, 3.05) is 11.9 Å². The topological polar surface area (TPSA) is 77.2 Å². The molecular formula is C20H21N3O2. The molecule has 0 aliphatic rings. The molecule has 3 aromatic rings. The first-order valence-electron chi connectivity index (χ1n) is 8.27. The highest BCUT2D eigenvalue weighted by Crippen LogP contribution is 2.19. The molecule has 2 aromatic carbocycles. The smallest absolute Gasteiger partial charge is 0.267 e. The van der Waals surface area contributed by atoms with Crippen LogP contribution in [0.4, 0.5) is 5.69 Å². The summed E-state index contributed by atoms with van der Waals surface area (Å²) in [5, 5.41) is 13.1. The van der Waals surface area contributed by atoms with Gasteiger partial charge in [0.05, 0.1) is 0 Å². The Morgan fingerprint density at radius 1 is 1.12 bits per heavy atom. The van der Waals surface area contributed by atoms with Crippen molar-refractivity contribution in [1.82, 2.24) is 10.5 Å². The van der Waals surface area contributed by atoms with E-state index in [1.165, 1.54) is 22.5 Å². The third kappa shape index (κ3) is 4.49. The van der Waals surface area contributed by atoms with Gasteiger partial charge in [-0.2, -0.15) is 0 Å². The van der Waals surface area contributed by atoms with Crippen LogP contribution < -0.4 is 10.8 Å². The van der Waals surface area contributed by atoms with Crippen LogP contribution in [0.2, 0.25) is 0 Å². The second-order valence-electron chi connectivity index (χ2n) is 5.82. The average Bonchev–Trinajstić information content (AvgIpc) is 3.07. The zero-order chi connectivity index (χ0) is 17.5. The molecule has 1 heterocycles. The molecule has 3 rings (SSSR count). The molecule has 0 saturated carbocycles. The van der Waals surface area contributed by atoms with Crippen molar-refractivity contribution < 1.29 is 10.0 Å². The number of H-pyrrole nitrogens is 1. The number of carbonyl (C=O) groups is 1. The van der Waals surface area contributed by atoms with E-state index in [9.17, 15) is 4.79 Å². The Bertz CT molecular complexity index is 866. The first-order valence-corrected chi connectivity index (χ1v) is 8.27. The van der Waals surface area contributed by atoms with Crippen molar-refractivity contribution in [3.63, 3.8) is 0 Å². The number of carbonyl (C=O) groups excluding carboxylic acids is 1. The first kappa shape index (κ1) is 16.8. The summed E-state index contributed by atoms with van der Waals surface area (Å²) >= 11 is 0. The van der Waals surface area contributed by atoms with Gasteiger partial charge in [0, 0.05) is 35.4 Å². The summed E-state index contributed by atoms with van der Waals surface area (Å²) in [6.07, 6.45) is 7.08. The molecule has 0 bridgehead atoms. The van der Waals surface area contributed by atoms with Crippen LogP contribution in [0, 0.1) is 0 Å². The molecule has 0 atom stereocenters. The molecule has 0 unspecified atom stereocenters. The normalized spacial score (nSPS) is 11.1. The third-order valence-corrected chi connectivity index (χ3v) is 4.07. The number of anilines is 1. The molecule has 0 aliphatic carbocycles. The predicted molar refractivity (Wildman–Crippen MR) is 101 cm³/mol. The van der Waals surface area contributed by atoms with Crippen molar-refractivity contribution in [1.29, 1.82) is 0 Å². The molecule has 0 saturated heterocycles. The van der Waals surface area contributed by atoms with E-state index >= 15 is 0 Å². The van der Waals surface area contributed by atoms with E-state index in [1.54, 1.807) is 11.6 Å². The van der Waals surface area contributed by atoms with Crippen LogP contribution in [0.1, 0.15) is 17.5 Å². The van der Waals surface area contributed by atoms with Crippen molar-refractivity contribution in [3.8, 4) is 0 Å². The number of para-hydroxylation sites is 1. The highest BCUT2D eigenvalue weighted by atomic mass is 16.5. The average molecular weight is 335 g/mol. The number of aryl methyl sites for hydroxylation is 1. The van der Waals surface area contributed by atoms with Gasteiger partial charge in [0.1, 0.15) is 0 Å². The van der Waals surface area contributed by atoms with Crippen molar-refractivity contribution >= 4 is 28.6 Å². The van der Waals surface area contributed by atoms with Crippen LogP contribution in [0.3, 0.4) is 0 Å². The van der Waals surface area contributed by atoms with E-state index in [2.05, 4.69) is 34.7 Å². The number of hydrogen-bond acceptors (Lipinski definition) is 3. The van der Waals surface area contributed by atoms with Gasteiger partial charge in [-0.25, -0.2) is 5.48 Å². The number of amides is 1. The molecule has 5 heteroatoms. The first-order chi connectivity index (χ1) is 12.3. The molecule has 0 spiro atoms.